The van der Waals surface area contributed by atoms with Gasteiger partial charge in [0.1, 0.15) is 5.82 Å². The zero-order valence-corrected chi connectivity index (χ0v) is 7.90. The Hall–Kier alpha value is -0.920. The molecule has 0 aliphatic heterocycles. The first kappa shape index (κ1) is 10.2. The minimum Gasteiger partial charge on any atom is -0.250 e. The van der Waals surface area contributed by atoms with Crippen LogP contribution < -0.4 is 0 Å². The molecule has 0 saturated carbocycles. The van der Waals surface area contributed by atoms with Crippen molar-refractivity contribution in [1.82, 2.24) is 0 Å². The number of alkyl halides is 1. The number of aryl methyl sites for hydroxylation is 1. The van der Waals surface area contributed by atoms with Gasteiger partial charge in [-0.05, 0) is 23.6 Å². The van der Waals surface area contributed by atoms with E-state index in [0.717, 1.165) is 12.0 Å². The van der Waals surface area contributed by atoms with Crippen LogP contribution in [0.15, 0.2) is 18.2 Å². The third-order valence-electron chi connectivity index (χ3n) is 2.10. The summed E-state index contributed by atoms with van der Waals surface area (Å²) in [6, 6.07) is 4.84. The van der Waals surface area contributed by atoms with Crippen molar-refractivity contribution in [3.63, 3.8) is 0 Å². The highest BCUT2D eigenvalue weighted by Crippen LogP contribution is 2.20. The van der Waals surface area contributed by atoms with E-state index in [-0.39, 0.29) is 5.82 Å². The summed E-state index contributed by atoms with van der Waals surface area (Å²) in [5, 5.41) is 0. The van der Waals surface area contributed by atoms with Crippen molar-refractivity contribution >= 4 is 0 Å². The first-order chi connectivity index (χ1) is 6.19. The first-order valence-electron chi connectivity index (χ1n) is 4.36. The van der Waals surface area contributed by atoms with Crippen LogP contribution in [0.25, 0.3) is 0 Å². The Morgan fingerprint density at radius 1 is 1.38 bits per heavy atom. The number of benzene rings is 1. The van der Waals surface area contributed by atoms with Gasteiger partial charge in [-0.3, -0.25) is 4.39 Å². The third-order valence-corrected chi connectivity index (χ3v) is 2.10. The molecular weight excluding hydrogens is 170 g/mol. The van der Waals surface area contributed by atoms with Crippen molar-refractivity contribution in [3.05, 3.63) is 41.1 Å². The fourth-order valence-electron chi connectivity index (χ4n) is 1.19. The molecule has 1 radical (unpaired) electrons. The number of rotatable bonds is 3. The summed E-state index contributed by atoms with van der Waals surface area (Å²) in [6.07, 6.45) is 0.840. The number of hydrogen-bond acceptors (Lipinski definition) is 0. The van der Waals surface area contributed by atoms with Gasteiger partial charge in [0, 0.05) is 5.92 Å². The summed E-state index contributed by atoms with van der Waals surface area (Å²) in [5.74, 6) is 0.111. The standard InChI is InChI=1S/C11H13F2/c1-3-9-4-5-11(13)10(6-9)8(2)7-12/h4-6H,3,7H2,1-2H3. The Morgan fingerprint density at radius 3 is 2.62 bits per heavy atom. The van der Waals surface area contributed by atoms with Gasteiger partial charge in [-0.1, -0.05) is 26.0 Å². The molecule has 0 amide bonds. The predicted octanol–water partition coefficient (Wildman–Crippen LogP) is 3.30. The number of hydrogen-bond donors (Lipinski definition) is 0. The van der Waals surface area contributed by atoms with E-state index in [1.807, 2.05) is 6.92 Å². The Bertz CT molecular complexity index is 281. The van der Waals surface area contributed by atoms with Crippen LogP contribution in [0.5, 0.6) is 0 Å². The summed E-state index contributed by atoms with van der Waals surface area (Å²) >= 11 is 0. The maximum absolute atomic E-state index is 13.2. The molecule has 1 aromatic carbocycles. The summed E-state index contributed by atoms with van der Waals surface area (Å²) in [4.78, 5) is 0. The van der Waals surface area contributed by atoms with Gasteiger partial charge in [0.15, 0.2) is 0 Å². The molecule has 0 bridgehead atoms. The zero-order valence-electron chi connectivity index (χ0n) is 7.90. The third kappa shape index (κ3) is 2.27. The van der Waals surface area contributed by atoms with E-state index in [0.29, 0.717) is 11.5 Å². The molecule has 0 saturated heterocycles. The minimum atomic E-state index is -0.593. The summed E-state index contributed by atoms with van der Waals surface area (Å²) in [6.45, 7) is 3.00. The molecule has 0 unspecified atom stereocenters. The fraction of sp³-hybridized carbons (Fsp3) is 0.364. The molecule has 0 aliphatic carbocycles. The quantitative estimate of drug-likeness (QED) is 0.674. The van der Waals surface area contributed by atoms with Crippen molar-refractivity contribution in [2.45, 2.75) is 20.3 Å². The lowest BCUT2D eigenvalue weighted by molar-refractivity contribution is 0.507. The Labute approximate surface area is 77.6 Å². The molecule has 13 heavy (non-hydrogen) atoms. The maximum atomic E-state index is 13.2. The molecule has 71 valence electrons. The van der Waals surface area contributed by atoms with Gasteiger partial charge < -0.3 is 0 Å². The van der Waals surface area contributed by atoms with Crippen LogP contribution in [-0.2, 0) is 6.42 Å². The van der Waals surface area contributed by atoms with Crippen LogP contribution in [0.2, 0.25) is 0 Å². The van der Waals surface area contributed by atoms with Gasteiger partial charge in [0.25, 0.3) is 0 Å². The Kier molecular flexibility index (Phi) is 3.40. The maximum Gasteiger partial charge on any atom is 0.127 e. The largest absolute Gasteiger partial charge is 0.250 e. The molecule has 0 atom stereocenters. The highest BCUT2D eigenvalue weighted by atomic mass is 19.1. The van der Waals surface area contributed by atoms with E-state index in [1.165, 1.54) is 6.07 Å². The smallest absolute Gasteiger partial charge is 0.127 e. The molecule has 0 aromatic heterocycles. The molecule has 0 spiro atoms. The normalized spacial score (nSPS) is 10.8. The molecular formula is C11H13F2. The Balaban J connectivity index is 3.03. The van der Waals surface area contributed by atoms with Gasteiger partial charge in [-0.2, -0.15) is 0 Å². The van der Waals surface area contributed by atoms with Crippen LogP contribution in [0, 0.1) is 11.7 Å². The van der Waals surface area contributed by atoms with Gasteiger partial charge in [-0.15, -0.1) is 0 Å². The second-order valence-electron chi connectivity index (χ2n) is 3.08. The highest BCUT2D eigenvalue weighted by molar-refractivity contribution is 5.35. The van der Waals surface area contributed by atoms with E-state index in [1.54, 1.807) is 19.1 Å². The average molecular weight is 183 g/mol. The van der Waals surface area contributed by atoms with E-state index in [2.05, 4.69) is 0 Å². The van der Waals surface area contributed by atoms with E-state index < -0.39 is 6.67 Å². The van der Waals surface area contributed by atoms with Crippen molar-refractivity contribution in [3.8, 4) is 0 Å². The van der Waals surface area contributed by atoms with Crippen LogP contribution in [0.4, 0.5) is 8.78 Å². The second-order valence-corrected chi connectivity index (χ2v) is 3.08. The van der Waals surface area contributed by atoms with Crippen LogP contribution in [0.1, 0.15) is 25.0 Å². The van der Waals surface area contributed by atoms with Gasteiger partial charge in [0.2, 0.25) is 0 Å². The second kappa shape index (κ2) is 4.35. The average Bonchev–Trinajstić information content (AvgIpc) is 2.17. The molecule has 1 rings (SSSR count). The van der Waals surface area contributed by atoms with Crippen LogP contribution in [0.3, 0.4) is 0 Å². The van der Waals surface area contributed by atoms with Crippen molar-refractivity contribution in [2.24, 2.45) is 0 Å². The minimum absolute atomic E-state index is 0.340. The zero-order chi connectivity index (χ0) is 9.84. The van der Waals surface area contributed by atoms with E-state index in [4.69, 9.17) is 0 Å². The summed E-state index contributed by atoms with van der Waals surface area (Å²) in [7, 11) is 0. The molecule has 0 heterocycles. The van der Waals surface area contributed by atoms with Crippen LogP contribution >= 0.6 is 0 Å². The fourth-order valence-corrected chi connectivity index (χ4v) is 1.19. The van der Waals surface area contributed by atoms with Gasteiger partial charge in [-0.25, -0.2) is 4.39 Å². The predicted molar refractivity (Wildman–Crippen MR) is 49.8 cm³/mol. The highest BCUT2D eigenvalue weighted by Gasteiger charge is 2.11. The van der Waals surface area contributed by atoms with Crippen molar-refractivity contribution in [2.75, 3.05) is 6.67 Å². The van der Waals surface area contributed by atoms with Crippen molar-refractivity contribution in [1.29, 1.82) is 0 Å². The molecule has 0 aliphatic rings. The summed E-state index contributed by atoms with van der Waals surface area (Å²) in [5.41, 5.74) is 1.44. The molecule has 1 aromatic rings. The molecule has 0 nitrogen and oxygen atoms in total. The van der Waals surface area contributed by atoms with E-state index >= 15 is 0 Å². The molecule has 2 heteroatoms. The lowest BCUT2D eigenvalue weighted by Gasteiger charge is -2.09. The van der Waals surface area contributed by atoms with Crippen molar-refractivity contribution < 1.29 is 8.78 Å². The first-order valence-corrected chi connectivity index (χ1v) is 4.36. The Morgan fingerprint density at radius 2 is 2.08 bits per heavy atom. The monoisotopic (exact) mass is 183 g/mol. The topological polar surface area (TPSA) is 0 Å². The molecule has 0 N–H and O–H groups in total. The molecule has 0 fully saturated rings. The van der Waals surface area contributed by atoms with Gasteiger partial charge in [0.05, 0.1) is 6.67 Å². The van der Waals surface area contributed by atoms with E-state index in [9.17, 15) is 8.78 Å². The van der Waals surface area contributed by atoms with Crippen LogP contribution in [-0.4, -0.2) is 6.67 Å². The summed E-state index contributed by atoms with van der Waals surface area (Å²) < 4.78 is 25.4. The lowest BCUT2D eigenvalue weighted by Crippen LogP contribution is -2.01. The lowest BCUT2D eigenvalue weighted by atomic mass is 9.99. The number of halogens is 2. The van der Waals surface area contributed by atoms with Gasteiger partial charge >= 0.3 is 0 Å². The SMILES string of the molecule is CCc1ccc(F)c([C](C)CF)c1.